The number of hydrogen-bond acceptors (Lipinski definition) is 3. The molecule has 0 aliphatic carbocycles. The van der Waals surface area contributed by atoms with Gasteiger partial charge in [0.1, 0.15) is 0 Å². The standard InChI is InChI=1S/C17H28N2O/c1-14(2)18-17(13-20,16-7-5-4-6-8-16)12-19-10-9-15(3)11-19/h4-8,14-15,18,20H,9-13H2,1-3H3. The second kappa shape index (κ2) is 6.70. The maximum Gasteiger partial charge on any atom is 0.0799 e. The summed E-state index contributed by atoms with van der Waals surface area (Å²) in [6, 6.07) is 10.7. The van der Waals surface area contributed by atoms with Crippen molar-refractivity contribution < 1.29 is 5.11 Å². The highest BCUT2D eigenvalue weighted by Gasteiger charge is 2.35. The molecule has 1 aliphatic heterocycles. The summed E-state index contributed by atoms with van der Waals surface area (Å²) in [7, 11) is 0. The Morgan fingerprint density at radius 2 is 2.05 bits per heavy atom. The molecule has 0 bridgehead atoms. The van der Waals surface area contributed by atoms with Gasteiger partial charge in [-0.1, -0.05) is 37.3 Å². The van der Waals surface area contributed by atoms with Gasteiger partial charge in [-0.15, -0.1) is 0 Å². The molecule has 112 valence electrons. The van der Waals surface area contributed by atoms with Crippen molar-refractivity contribution in [3.05, 3.63) is 35.9 Å². The van der Waals surface area contributed by atoms with Crippen LogP contribution in [0.2, 0.25) is 0 Å². The second-order valence-electron chi connectivity index (χ2n) is 6.53. The Bertz CT molecular complexity index is 407. The third-order valence-corrected chi connectivity index (χ3v) is 4.16. The third kappa shape index (κ3) is 3.60. The van der Waals surface area contributed by atoms with E-state index in [1.165, 1.54) is 12.0 Å². The SMILES string of the molecule is CC1CCN(CC(CO)(NC(C)C)c2ccccc2)C1. The number of aliphatic hydroxyl groups excluding tert-OH is 1. The predicted molar refractivity (Wildman–Crippen MR) is 83.7 cm³/mol. The fraction of sp³-hybridized carbons (Fsp3) is 0.647. The average molecular weight is 276 g/mol. The van der Waals surface area contributed by atoms with Gasteiger partial charge in [0.15, 0.2) is 0 Å². The summed E-state index contributed by atoms with van der Waals surface area (Å²) in [4.78, 5) is 2.48. The highest BCUT2D eigenvalue weighted by molar-refractivity contribution is 5.25. The summed E-state index contributed by atoms with van der Waals surface area (Å²) in [6.07, 6.45) is 1.26. The number of hydrogen-bond donors (Lipinski definition) is 2. The lowest BCUT2D eigenvalue weighted by molar-refractivity contribution is 0.108. The number of rotatable bonds is 6. The van der Waals surface area contributed by atoms with E-state index in [0.717, 1.165) is 25.6 Å². The molecular formula is C17H28N2O. The average Bonchev–Trinajstić information content (AvgIpc) is 2.83. The van der Waals surface area contributed by atoms with Gasteiger partial charge in [0.05, 0.1) is 12.1 Å². The number of benzene rings is 1. The minimum atomic E-state index is -0.362. The van der Waals surface area contributed by atoms with E-state index < -0.39 is 0 Å². The van der Waals surface area contributed by atoms with Crippen molar-refractivity contribution in [1.29, 1.82) is 0 Å². The molecule has 1 aliphatic rings. The molecule has 2 rings (SSSR count). The van der Waals surface area contributed by atoms with E-state index >= 15 is 0 Å². The van der Waals surface area contributed by atoms with Gasteiger partial charge in [0, 0.05) is 19.1 Å². The maximum absolute atomic E-state index is 10.1. The van der Waals surface area contributed by atoms with E-state index in [9.17, 15) is 5.11 Å². The fourth-order valence-corrected chi connectivity index (χ4v) is 3.27. The molecule has 1 heterocycles. The summed E-state index contributed by atoms with van der Waals surface area (Å²) >= 11 is 0. The molecule has 0 radical (unpaired) electrons. The topological polar surface area (TPSA) is 35.5 Å². The fourth-order valence-electron chi connectivity index (χ4n) is 3.27. The van der Waals surface area contributed by atoms with Crippen LogP contribution in [0.4, 0.5) is 0 Å². The third-order valence-electron chi connectivity index (χ3n) is 4.16. The quantitative estimate of drug-likeness (QED) is 0.836. The van der Waals surface area contributed by atoms with E-state index in [-0.39, 0.29) is 12.1 Å². The first kappa shape index (κ1) is 15.5. The van der Waals surface area contributed by atoms with Gasteiger partial charge in [0.2, 0.25) is 0 Å². The number of aliphatic hydroxyl groups is 1. The Kier molecular flexibility index (Phi) is 5.19. The summed E-state index contributed by atoms with van der Waals surface area (Å²) < 4.78 is 0. The Morgan fingerprint density at radius 1 is 1.35 bits per heavy atom. The van der Waals surface area contributed by atoms with Crippen LogP contribution in [-0.4, -0.2) is 42.3 Å². The van der Waals surface area contributed by atoms with Crippen molar-refractivity contribution in [3.8, 4) is 0 Å². The van der Waals surface area contributed by atoms with E-state index in [4.69, 9.17) is 0 Å². The molecule has 0 amide bonds. The van der Waals surface area contributed by atoms with Crippen LogP contribution in [0.1, 0.15) is 32.8 Å². The minimum Gasteiger partial charge on any atom is -0.394 e. The normalized spacial score (nSPS) is 23.1. The molecular weight excluding hydrogens is 248 g/mol. The number of nitrogens with zero attached hydrogens (tertiary/aromatic N) is 1. The summed E-state index contributed by atoms with van der Waals surface area (Å²) in [5.74, 6) is 0.765. The minimum absolute atomic E-state index is 0.125. The smallest absolute Gasteiger partial charge is 0.0799 e. The lowest BCUT2D eigenvalue weighted by atomic mass is 9.89. The first-order valence-electron chi connectivity index (χ1n) is 7.72. The van der Waals surface area contributed by atoms with Crippen molar-refractivity contribution in [2.75, 3.05) is 26.2 Å². The second-order valence-corrected chi connectivity index (χ2v) is 6.53. The van der Waals surface area contributed by atoms with Gasteiger partial charge in [-0.3, -0.25) is 0 Å². The molecule has 0 spiro atoms. The highest BCUT2D eigenvalue weighted by Crippen LogP contribution is 2.26. The largest absolute Gasteiger partial charge is 0.394 e. The van der Waals surface area contributed by atoms with Crippen LogP contribution in [0.25, 0.3) is 0 Å². The van der Waals surface area contributed by atoms with Crippen molar-refractivity contribution >= 4 is 0 Å². The van der Waals surface area contributed by atoms with Gasteiger partial charge < -0.3 is 15.3 Å². The molecule has 0 aromatic heterocycles. The Balaban J connectivity index is 2.23. The summed E-state index contributed by atoms with van der Waals surface area (Å²) in [5.41, 5.74) is 0.815. The van der Waals surface area contributed by atoms with Gasteiger partial charge in [-0.2, -0.15) is 0 Å². The van der Waals surface area contributed by atoms with Crippen molar-refractivity contribution in [2.24, 2.45) is 5.92 Å². The molecule has 1 saturated heterocycles. The molecule has 3 heteroatoms. The zero-order valence-electron chi connectivity index (χ0n) is 13.0. The van der Waals surface area contributed by atoms with Crippen LogP contribution in [0.5, 0.6) is 0 Å². The molecule has 2 unspecified atom stereocenters. The van der Waals surface area contributed by atoms with Crippen LogP contribution < -0.4 is 5.32 Å². The molecule has 2 N–H and O–H groups in total. The van der Waals surface area contributed by atoms with Crippen molar-refractivity contribution in [3.63, 3.8) is 0 Å². The first-order valence-corrected chi connectivity index (χ1v) is 7.72. The maximum atomic E-state index is 10.1. The molecule has 1 fully saturated rings. The van der Waals surface area contributed by atoms with E-state index in [2.05, 4.69) is 43.1 Å². The molecule has 2 atom stereocenters. The zero-order chi connectivity index (χ0) is 14.6. The molecule has 1 aromatic rings. The van der Waals surface area contributed by atoms with Crippen LogP contribution >= 0.6 is 0 Å². The van der Waals surface area contributed by atoms with Gasteiger partial charge >= 0.3 is 0 Å². The van der Waals surface area contributed by atoms with E-state index in [0.29, 0.717) is 6.04 Å². The molecule has 3 nitrogen and oxygen atoms in total. The van der Waals surface area contributed by atoms with Gasteiger partial charge in [0.25, 0.3) is 0 Å². The number of nitrogens with one attached hydrogen (secondary N) is 1. The van der Waals surface area contributed by atoms with Crippen LogP contribution in [0.15, 0.2) is 30.3 Å². The van der Waals surface area contributed by atoms with Crippen LogP contribution in [0, 0.1) is 5.92 Å². The lowest BCUT2D eigenvalue weighted by Gasteiger charge is -2.39. The zero-order valence-corrected chi connectivity index (χ0v) is 13.0. The molecule has 20 heavy (non-hydrogen) atoms. The monoisotopic (exact) mass is 276 g/mol. The van der Waals surface area contributed by atoms with Crippen molar-refractivity contribution in [2.45, 2.75) is 38.8 Å². The van der Waals surface area contributed by atoms with Gasteiger partial charge in [-0.05, 0) is 38.3 Å². The van der Waals surface area contributed by atoms with E-state index in [1.54, 1.807) is 0 Å². The van der Waals surface area contributed by atoms with Crippen molar-refractivity contribution in [1.82, 2.24) is 10.2 Å². The highest BCUT2D eigenvalue weighted by atomic mass is 16.3. The van der Waals surface area contributed by atoms with Crippen LogP contribution in [-0.2, 0) is 5.54 Å². The van der Waals surface area contributed by atoms with Crippen LogP contribution in [0.3, 0.4) is 0 Å². The Hall–Kier alpha value is -0.900. The molecule has 1 aromatic carbocycles. The Morgan fingerprint density at radius 3 is 2.55 bits per heavy atom. The lowest BCUT2D eigenvalue weighted by Crippen LogP contribution is -2.55. The summed E-state index contributed by atoms with van der Waals surface area (Å²) in [6.45, 7) is 9.85. The summed E-state index contributed by atoms with van der Waals surface area (Å²) in [5, 5.41) is 13.7. The van der Waals surface area contributed by atoms with E-state index in [1.807, 2.05) is 18.2 Å². The van der Waals surface area contributed by atoms with Gasteiger partial charge in [-0.25, -0.2) is 0 Å². The molecule has 0 saturated carbocycles. The predicted octanol–water partition coefficient (Wildman–Crippen LogP) is 2.21. The first-order chi connectivity index (χ1) is 9.55. The number of likely N-dealkylation sites (tertiary alicyclic amines) is 1. The Labute approximate surface area is 123 Å².